The summed E-state index contributed by atoms with van der Waals surface area (Å²) in [6.07, 6.45) is 0.772. The van der Waals surface area contributed by atoms with Crippen LogP contribution in [0, 0.1) is 0 Å². The van der Waals surface area contributed by atoms with Gasteiger partial charge >= 0.3 is 0 Å². The molecule has 0 unspecified atom stereocenters. The number of benzene rings is 2. The van der Waals surface area contributed by atoms with Gasteiger partial charge in [0.25, 0.3) is 0 Å². The fourth-order valence-electron chi connectivity index (χ4n) is 3.59. The number of rotatable bonds is 3. The first-order valence-corrected chi connectivity index (χ1v) is 9.11. The molecule has 130 valence electrons. The highest BCUT2D eigenvalue weighted by Crippen LogP contribution is 2.46. The van der Waals surface area contributed by atoms with Gasteiger partial charge in [-0.15, -0.1) is 0 Å². The van der Waals surface area contributed by atoms with Crippen LogP contribution in [0.2, 0.25) is 5.02 Å². The first kappa shape index (κ1) is 16.5. The van der Waals surface area contributed by atoms with Crippen LogP contribution in [0.15, 0.2) is 42.5 Å². The molecule has 2 aliphatic heterocycles. The van der Waals surface area contributed by atoms with Crippen LogP contribution < -0.4 is 19.7 Å². The van der Waals surface area contributed by atoms with Crippen LogP contribution in [0.25, 0.3) is 0 Å². The molecule has 2 aromatic rings. The van der Waals surface area contributed by atoms with Crippen molar-refractivity contribution in [3.8, 4) is 11.5 Å². The summed E-state index contributed by atoms with van der Waals surface area (Å²) in [6, 6.07) is 13.7. The third kappa shape index (κ3) is 2.81. The van der Waals surface area contributed by atoms with Crippen molar-refractivity contribution >= 4 is 34.6 Å². The van der Waals surface area contributed by atoms with Gasteiger partial charge in [0.1, 0.15) is 11.5 Å². The SMILES string of the molecule is CCOc1ccc(N2C(=S)N[C@H]3C[C@@]2(C)Oc2ccc(Cl)cc23)cc1. The lowest BCUT2D eigenvalue weighted by atomic mass is 9.90. The first-order chi connectivity index (χ1) is 12.0. The number of hydrogen-bond acceptors (Lipinski definition) is 3. The molecule has 0 aliphatic carbocycles. The minimum Gasteiger partial charge on any atom is -0.494 e. The van der Waals surface area contributed by atoms with Gasteiger partial charge in [-0.2, -0.15) is 0 Å². The van der Waals surface area contributed by atoms with Gasteiger partial charge in [0.05, 0.1) is 12.6 Å². The molecule has 4 rings (SSSR count). The van der Waals surface area contributed by atoms with E-state index in [1.807, 2.05) is 54.3 Å². The van der Waals surface area contributed by atoms with Crippen molar-refractivity contribution in [2.75, 3.05) is 11.5 Å². The van der Waals surface area contributed by atoms with E-state index >= 15 is 0 Å². The van der Waals surface area contributed by atoms with E-state index in [0.29, 0.717) is 16.7 Å². The second-order valence-electron chi connectivity index (χ2n) is 6.43. The maximum atomic E-state index is 6.37. The summed E-state index contributed by atoms with van der Waals surface area (Å²) in [5.74, 6) is 1.68. The van der Waals surface area contributed by atoms with Crippen molar-refractivity contribution in [2.24, 2.45) is 0 Å². The summed E-state index contributed by atoms with van der Waals surface area (Å²) in [5, 5.41) is 4.78. The molecule has 2 aliphatic rings. The predicted molar refractivity (Wildman–Crippen MR) is 104 cm³/mol. The van der Waals surface area contributed by atoms with E-state index in [0.717, 1.165) is 29.2 Å². The first-order valence-electron chi connectivity index (χ1n) is 8.32. The number of ether oxygens (including phenoxy) is 2. The van der Waals surface area contributed by atoms with Crippen LogP contribution in [0.4, 0.5) is 5.69 Å². The van der Waals surface area contributed by atoms with E-state index in [1.165, 1.54) is 0 Å². The summed E-state index contributed by atoms with van der Waals surface area (Å²) in [4.78, 5) is 2.03. The fourth-order valence-corrected chi connectivity index (χ4v) is 4.22. The Morgan fingerprint density at radius 3 is 2.80 bits per heavy atom. The van der Waals surface area contributed by atoms with Crippen molar-refractivity contribution in [2.45, 2.75) is 32.0 Å². The zero-order valence-electron chi connectivity index (χ0n) is 14.1. The molecular weight excluding hydrogens is 356 g/mol. The zero-order chi connectivity index (χ0) is 17.6. The monoisotopic (exact) mass is 374 g/mol. The van der Waals surface area contributed by atoms with Gasteiger partial charge in [0, 0.05) is 22.7 Å². The van der Waals surface area contributed by atoms with Gasteiger partial charge in [-0.25, -0.2) is 0 Å². The Morgan fingerprint density at radius 1 is 1.32 bits per heavy atom. The predicted octanol–water partition coefficient (Wildman–Crippen LogP) is 4.67. The quantitative estimate of drug-likeness (QED) is 0.789. The Hall–Kier alpha value is -1.98. The molecular formula is C19H19ClN2O2S. The van der Waals surface area contributed by atoms with Crippen molar-refractivity contribution in [3.05, 3.63) is 53.1 Å². The number of halogens is 1. The van der Waals surface area contributed by atoms with Gasteiger partial charge in [-0.05, 0) is 68.5 Å². The summed E-state index contributed by atoms with van der Waals surface area (Å²) in [5.41, 5.74) is 1.47. The van der Waals surface area contributed by atoms with E-state index in [-0.39, 0.29) is 6.04 Å². The number of thiocarbonyl (C=S) groups is 1. The molecule has 2 aromatic carbocycles. The number of hydrogen-bond donors (Lipinski definition) is 1. The number of anilines is 1. The lowest BCUT2D eigenvalue weighted by Crippen LogP contribution is -2.65. The molecule has 1 saturated heterocycles. The molecule has 0 radical (unpaired) electrons. The highest BCUT2D eigenvalue weighted by molar-refractivity contribution is 7.80. The molecule has 6 heteroatoms. The van der Waals surface area contributed by atoms with Crippen LogP contribution in [0.3, 0.4) is 0 Å². The smallest absolute Gasteiger partial charge is 0.188 e. The third-order valence-electron chi connectivity index (χ3n) is 4.64. The Kier molecular flexibility index (Phi) is 4.01. The Labute approximate surface area is 157 Å². The van der Waals surface area contributed by atoms with Crippen LogP contribution >= 0.6 is 23.8 Å². The Bertz CT molecular complexity index is 827. The summed E-state index contributed by atoms with van der Waals surface area (Å²) in [6.45, 7) is 4.68. The number of fused-ring (bicyclic) bond motifs is 4. The highest BCUT2D eigenvalue weighted by Gasteiger charge is 2.48. The van der Waals surface area contributed by atoms with Gasteiger partial charge in [0.15, 0.2) is 10.8 Å². The van der Waals surface area contributed by atoms with Crippen molar-refractivity contribution in [1.82, 2.24) is 5.32 Å². The lowest BCUT2D eigenvalue weighted by Gasteiger charge is -2.52. The average Bonchev–Trinajstić information content (AvgIpc) is 2.57. The van der Waals surface area contributed by atoms with Crippen molar-refractivity contribution < 1.29 is 9.47 Å². The molecule has 0 amide bonds. The van der Waals surface area contributed by atoms with Crippen LogP contribution in [0.1, 0.15) is 31.9 Å². The van der Waals surface area contributed by atoms with Crippen LogP contribution in [0.5, 0.6) is 11.5 Å². The van der Waals surface area contributed by atoms with E-state index in [2.05, 4.69) is 12.2 Å². The Balaban J connectivity index is 1.71. The van der Waals surface area contributed by atoms with E-state index < -0.39 is 5.72 Å². The van der Waals surface area contributed by atoms with Gasteiger partial charge < -0.3 is 14.8 Å². The van der Waals surface area contributed by atoms with E-state index in [9.17, 15) is 0 Å². The molecule has 1 fully saturated rings. The van der Waals surface area contributed by atoms with Crippen LogP contribution in [-0.4, -0.2) is 17.4 Å². The molecule has 2 bridgehead atoms. The number of nitrogens with one attached hydrogen (secondary N) is 1. The van der Waals surface area contributed by atoms with E-state index in [1.54, 1.807) is 0 Å². The second-order valence-corrected chi connectivity index (χ2v) is 7.25. The Morgan fingerprint density at radius 2 is 2.08 bits per heavy atom. The van der Waals surface area contributed by atoms with E-state index in [4.69, 9.17) is 33.3 Å². The summed E-state index contributed by atoms with van der Waals surface area (Å²) in [7, 11) is 0. The molecule has 0 saturated carbocycles. The minimum absolute atomic E-state index is 0.0962. The maximum absolute atomic E-state index is 6.37. The van der Waals surface area contributed by atoms with Gasteiger partial charge in [0.2, 0.25) is 0 Å². The minimum atomic E-state index is -0.555. The summed E-state index contributed by atoms with van der Waals surface area (Å²) < 4.78 is 11.9. The normalized spacial score (nSPS) is 24.2. The third-order valence-corrected chi connectivity index (χ3v) is 5.18. The molecule has 1 N–H and O–H groups in total. The largest absolute Gasteiger partial charge is 0.494 e. The second kappa shape index (κ2) is 6.07. The van der Waals surface area contributed by atoms with Crippen LogP contribution in [-0.2, 0) is 0 Å². The standard InChI is InChI=1S/C19H19ClN2O2S/c1-3-23-14-7-5-13(6-8-14)22-18(25)21-16-11-19(22,2)24-17-9-4-12(20)10-15(16)17/h4-10,16H,3,11H2,1-2H3,(H,21,25)/t16-,19+/m0/s1. The zero-order valence-corrected chi connectivity index (χ0v) is 15.7. The number of nitrogens with zero attached hydrogens (tertiary/aromatic N) is 1. The molecule has 2 atom stereocenters. The molecule has 2 heterocycles. The topological polar surface area (TPSA) is 33.7 Å². The lowest BCUT2D eigenvalue weighted by molar-refractivity contribution is 0.0498. The van der Waals surface area contributed by atoms with Gasteiger partial charge in [-0.3, -0.25) is 4.90 Å². The average molecular weight is 375 g/mol. The molecule has 4 nitrogen and oxygen atoms in total. The highest BCUT2D eigenvalue weighted by atomic mass is 35.5. The molecule has 25 heavy (non-hydrogen) atoms. The molecule has 0 spiro atoms. The van der Waals surface area contributed by atoms with Crippen molar-refractivity contribution in [3.63, 3.8) is 0 Å². The maximum Gasteiger partial charge on any atom is 0.188 e. The fraction of sp³-hybridized carbons (Fsp3) is 0.316. The van der Waals surface area contributed by atoms with Crippen molar-refractivity contribution in [1.29, 1.82) is 0 Å². The van der Waals surface area contributed by atoms with Gasteiger partial charge in [-0.1, -0.05) is 11.6 Å². The summed E-state index contributed by atoms with van der Waals surface area (Å²) >= 11 is 11.8. The molecule has 0 aromatic heterocycles.